The summed E-state index contributed by atoms with van der Waals surface area (Å²) in [6.45, 7) is 4.07. The number of carbonyl (C=O) groups is 1. The van der Waals surface area contributed by atoms with E-state index in [1.807, 2.05) is 115 Å². The number of thiazole rings is 1. The number of carbonyl (C=O) groups excluding carboxylic acids is 1. The first-order chi connectivity index (χ1) is 18.0. The summed E-state index contributed by atoms with van der Waals surface area (Å²) < 4.78 is 3.19. The molecule has 182 valence electrons. The van der Waals surface area contributed by atoms with Crippen LogP contribution in [0.25, 0.3) is 17.5 Å². The Morgan fingerprint density at radius 3 is 1.89 bits per heavy atom. The van der Waals surface area contributed by atoms with Crippen LogP contribution >= 0.6 is 11.3 Å². The topological polar surface area (TPSA) is 54.6 Å². The van der Waals surface area contributed by atoms with Gasteiger partial charge in [-0.25, -0.2) is 4.99 Å². The van der Waals surface area contributed by atoms with E-state index in [1.54, 1.807) is 18.2 Å². The molecule has 1 aromatic heterocycles. The number of aryl methyl sites for hydroxylation is 2. The fourth-order valence-corrected chi connectivity index (χ4v) is 5.06. The normalized spacial score (nSPS) is 13.0. The molecule has 0 atom stereocenters. The molecular weight excluding hydrogens is 476 g/mol. The van der Waals surface area contributed by atoms with E-state index in [2.05, 4.69) is 0 Å². The van der Waals surface area contributed by atoms with Crippen LogP contribution in [-0.4, -0.2) is 15.5 Å². The number of Topliss-reactive ketones (excluding diaryl/α,β-unsaturated/α-hetero) is 1. The molecule has 0 aliphatic heterocycles. The SMILES string of the molecule is Cc1ccc(N=c2/c(=C(\O)c3ccccc3)s/c(=C/C(=O)c3ccccc3)n2-c2ccc(C)cc2)cc1. The van der Waals surface area contributed by atoms with Gasteiger partial charge in [0.15, 0.2) is 11.3 Å². The molecule has 0 radical (unpaired) electrons. The third-order valence-electron chi connectivity index (χ3n) is 5.98. The molecular formula is C32H26N2O2S. The molecule has 0 saturated carbocycles. The monoisotopic (exact) mass is 502 g/mol. The summed E-state index contributed by atoms with van der Waals surface area (Å²) >= 11 is 1.34. The Morgan fingerprint density at radius 1 is 0.757 bits per heavy atom. The van der Waals surface area contributed by atoms with Crippen LogP contribution in [-0.2, 0) is 0 Å². The van der Waals surface area contributed by atoms with Gasteiger partial charge in [0.05, 0.1) is 5.69 Å². The Bertz CT molecular complexity index is 1730. The summed E-state index contributed by atoms with van der Waals surface area (Å²) in [5, 5.41) is 11.4. The van der Waals surface area contributed by atoms with Crippen LogP contribution in [0.1, 0.15) is 27.0 Å². The Hall–Kier alpha value is -4.48. The Balaban J connectivity index is 1.89. The number of aliphatic hydroxyl groups is 1. The number of hydrogen-bond acceptors (Lipinski definition) is 4. The van der Waals surface area contributed by atoms with Gasteiger partial charge < -0.3 is 5.11 Å². The third-order valence-corrected chi connectivity index (χ3v) is 7.07. The van der Waals surface area contributed by atoms with Gasteiger partial charge in [-0.15, -0.1) is 11.3 Å². The lowest BCUT2D eigenvalue weighted by Gasteiger charge is -2.06. The Morgan fingerprint density at radius 2 is 1.30 bits per heavy atom. The van der Waals surface area contributed by atoms with Gasteiger partial charge in [-0.3, -0.25) is 9.36 Å². The summed E-state index contributed by atoms with van der Waals surface area (Å²) in [4.78, 5) is 18.2. The summed E-state index contributed by atoms with van der Waals surface area (Å²) in [5.74, 6) is -0.000480. The highest BCUT2D eigenvalue weighted by atomic mass is 32.1. The minimum atomic E-state index is -0.115. The van der Waals surface area contributed by atoms with Gasteiger partial charge in [-0.05, 0) is 38.1 Å². The van der Waals surface area contributed by atoms with Crippen LogP contribution in [0.15, 0.2) is 114 Å². The van der Waals surface area contributed by atoms with Crippen LogP contribution in [0.5, 0.6) is 0 Å². The zero-order chi connectivity index (χ0) is 25.8. The highest BCUT2D eigenvalue weighted by molar-refractivity contribution is 7.07. The second kappa shape index (κ2) is 10.6. The van der Waals surface area contributed by atoms with Crippen molar-refractivity contribution in [3.63, 3.8) is 0 Å². The summed E-state index contributed by atoms with van der Waals surface area (Å²) in [5.41, 5.74) is 5.71. The van der Waals surface area contributed by atoms with Crippen molar-refractivity contribution in [1.29, 1.82) is 0 Å². The number of hydrogen-bond donors (Lipinski definition) is 1. The summed E-state index contributed by atoms with van der Waals surface area (Å²) in [6.07, 6.45) is 1.62. The van der Waals surface area contributed by atoms with E-state index >= 15 is 0 Å². The molecule has 4 aromatic carbocycles. The smallest absolute Gasteiger partial charge is 0.188 e. The molecule has 4 nitrogen and oxygen atoms in total. The standard InChI is InChI=1S/C32H26N2O2S/c1-22-13-17-26(18-14-22)33-32-31(30(36)25-11-7-4-8-12-25)37-29(21-28(35)24-9-5-3-6-10-24)34(32)27-19-15-23(2)16-20-27/h3-21,36H,1-2H3/b29-21+,31-30+,33-32?. The molecule has 0 aliphatic carbocycles. The average Bonchev–Trinajstić information content (AvgIpc) is 3.28. The zero-order valence-corrected chi connectivity index (χ0v) is 21.4. The van der Waals surface area contributed by atoms with Crippen molar-refractivity contribution in [2.75, 3.05) is 0 Å². The van der Waals surface area contributed by atoms with E-state index in [0.717, 1.165) is 22.5 Å². The van der Waals surface area contributed by atoms with Gasteiger partial charge in [0.25, 0.3) is 0 Å². The first kappa shape index (κ1) is 24.2. The predicted octanol–water partition coefficient (Wildman–Crippen LogP) is 5.77. The van der Waals surface area contributed by atoms with Gasteiger partial charge in [0.2, 0.25) is 0 Å². The fourth-order valence-electron chi connectivity index (χ4n) is 3.96. The van der Waals surface area contributed by atoms with Crippen LogP contribution in [0.2, 0.25) is 0 Å². The highest BCUT2D eigenvalue weighted by Crippen LogP contribution is 2.13. The van der Waals surface area contributed by atoms with Crippen molar-refractivity contribution >= 4 is 34.6 Å². The zero-order valence-electron chi connectivity index (χ0n) is 20.6. The van der Waals surface area contributed by atoms with Crippen molar-refractivity contribution in [2.45, 2.75) is 13.8 Å². The Kier molecular flexibility index (Phi) is 6.97. The first-order valence-corrected chi connectivity index (χ1v) is 12.8. The maximum Gasteiger partial charge on any atom is 0.188 e. The lowest BCUT2D eigenvalue weighted by molar-refractivity contribution is 0.106. The lowest BCUT2D eigenvalue weighted by atomic mass is 10.1. The van der Waals surface area contributed by atoms with E-state index in [0.29, 0.717) is 25.8 Å². The van der Waals surface area contributed by atoms with E-state index in [9.17, 15) is 9.90 Å². The van der Waals surface area contributed by atoms with E-state index in [1.165, 1.54) is 11.3 Å². The fraction of sp³-hybridized carbons (Fsp3) is 0.0625. The van der Waals surface area contributed by atoms with Gasteiger partial charge >= 0.3 is 0 Å². The molecule has 1 heterocycles. The van der Waals surface area contributed by atoms with E-state index < -0.39 is 0 Å². The number of benzene rings is 4. The molecule has 1 N–H and O–H groups in total. The summed E-state index contributed by atoms with van der Waals surface area (Å²) in [6, 6.07) is 34.6. The second-order valence-electron chi connectivity index (χ2n) is 8.80. The van der Waals surface area contributed by atoms with Gasteiger partial charge in [-0.1, -0.05) is 96.1 Å². The molecule has 0 saturated heterocycles. The number of rotatable bonds is 5. The molecule has 0 bridgehead atoms. The van der Waals surface area contributed by atoms with Gasteiger partial charge in [0.1, 0.15) is 15.0 Å². The number of nitrogens with zero attached hydrogens (tertiary/aromatic N) is 2. The quantitative estimate of drug-likeness (QED) is 0.311. The second-order valence-corrected chi connectivity index (χ2v) is 9.83. The molecule has 5 rings (SSSR count). The average molecular weight is 503 g/mol. The largest absolute Gasteiger partial charge is 0.506 e. The predicted molar refractivity (Wildman–Crippen MR) is 151 cm³/mol. The molecule has 0 fully saturated rings. The molecule has 0 spiro atoms. The molecule has 5 aromatic rings. The molecule has 0 aliphatic rings. The number of aromatic nitrogens is 1. The lowest BCUT2D eigenvalue weighted by Crippen LogP contribution is -2.33. The molecule has 0 amide bonds. The van der Waals surface area contributed by atoms with Crippen molar-refractivity contribution in [2.24, 2.45) is 4.99 Å². The van der Waals surface area contributed by atoms with Crippen LogP contribution in [0, 0.1) is 13.8 Å². The van der Waals surface area contributed by atoms with Crippen molar-refractivity contribution in [3.8, 4) is 5.69 Å². The highest BCUT2D eigenvalue weighted by Gasteiger charge is 2.13. The van der Waals surface area contributed by atoms with Crippen LogP contribution in [0.4, 0.5) is 5.69 Å². The van der Waals surface area contributed by atoms with E-state index in [-0.39, 0.29) is 11.5 Å². The maximum absolute atomic E-state index is 13.2. The molecule has 37 heavy (non-hydrogen) atoms. The van der Waals surface area contributed by atoms with Gasteiger partial charge in [-0.2, -0.15) is 0 Å². The summed E-state index contributed by atoms with van der Waals surface area (Å²) in [7, 11) is 0. The van der Waals surface area contributed by atoms with Crippen LogP contribution < -0.4 is 14.7 Å². The number of ketones is 1. The minimum Gasteiger partial charge on any atom is -0.506 e. The van der Waals surface area contributed by atoms with Crippen molar-refractivity contribution in [3.05, 3.63) is 146 Å². The van der Waals surface area contributed by atoms with E-state index in [4.69, 9.17) is 4.99 Å². The number of aliphatic hydroxyl groups excluding tert-OH is 1. The van der Waals surface area contributed by atoms with Crippen molar-refractivity contribution < 1.29 is 9.90 Å². The Labute approximate surface area is 219 Å². The third kappa shape index (κ3) is 5.37. The van der Waals surface area contributed by atoms with Gasteiger partial charge in [0, 0.05) is 22.9 Å². The molecule has 5 heteroatoms. The van der Waals surface area contributed by atoms with Crippen molar-refractivity contribution in [1.82, 2.24) is 4.57 Å². The van der Waals surface area contributed by atoms with Crippen LogP contribution in [0.3, 0.4) is 0 Å². The maximum atomic E-state index is 13.2. The molecule has 0 unspecified atom stereocenters. The first-order valence-electron chi connectivity index (χ1n) is 12.0. The minimum absolute atomic E-state index is 0.115.